The molecule has 3 rings (SSSR count). The monoisotopic (exact) mass is 338 g/mol. The molecule has 0 atom stereocenters. The van der Waals surface area contributed by atoms with Crippen LogP contribution in [0, 0.1) is 5.41 Å². The number of nitrogens with zero attached hydrogens (tertiary/aromatic N) is 1. The third-order valence-electron chi connectivity index (χ3n) is 4.92. The second-order valence-electron chi connectivity index (χ2n) is 6.43. The summed E-state index contributed by atoms with van der Waals surface area (Å²) in [5.74, 6) is 1.73. The number of carbonyl (C=O) groups excluding carboxylic acids is 1. The maximum Gasteiger partial charge on any atom is 0.232 e. The first-order chi connectivity index (χ1) is 10.7. The van der Waals surface area contributed by atoms with E-state index in [0.29, 0.717) is 17.1 Å². The molecule has 120 valence electrons. The Morgan fingerprint density at radius 3 is 2.59 bits per heavy atom. The van der Waals surface area contributed by atoms with Crippen molar-refractivity contribution < 1.29 is 4.79 Å². The van der Waals surface area contributed by atoms with E-state index in [0.717, 1.165) is 49.8 Å². The Labute approximate surface area is 141 Å². The second kappa shape index (κ2) is 7.24. The first kappa shape index (κ1) is 16.2. The van der Waals surface area contributed by atoms with E-state index in [9.17, 15) is 4.79 Å². The molecule has 0 saturated carbocycles. The van der Waals surface area contributed by atoms with E-state index < -0.39 is 0 Å². The van der Waals surface area contributed by atoms with Gasteiger partial charge in [0.25, 0.3) is 0 Å². The summed E-state index contributed by atoms with van der Waals surface area (Å²) < 4.78 is 0. The van der Waals surface area contributed by atoms with E-state index in [4.69, 9.17) is 11.6 Å². The fraction of sp³-hybridized carbons (Fsp3) is 0.588. The van der Waals surface area contributed by atoms with Crippen LogP contribution in [-0.2, 0) is 10.5 Å². The Kier molecular flexibility index (Phi) is 5.32. The highest BCUT2D eigenvalue weighted by Crippen LogP contribution is 2.37. The predicted molar refractivity (Wildman–Crippen MR) is 93.3 cm³/mol. The Balaban J connectivity index is 1.40. The zero-order valence-electron chi connectivity index (χ0n) is 12.8. The summed E-state index contributed by atoms with van der Waals surface area (Å²) in [5, 5.41) is 4.22. The second-order valence-corrected chi connectivity index (χ2v) is 7.85. The molecule has 2 aliphatic heterocycles. The molecule has 0 aliphatic carbocycles. The predicted octanol–water partition coefficient (Wildman–Crippen LogP) is 3.18. The van der Waals surface area contributed by atoms with Gasteiger partial charge in [0.1, 0.15) is 0 Å². The van der Waals surface area contributed by atoms with Gasteiger partial charge < -0.3 is 10.2 Å². The zero-order chi connectivity index (χ0) is 15.4. The summed E-state index contributed by atoms with van der Waals surface area (Å²) in [6, 6.07) is 7.85. The highest BCUT2D eigenvalue weighted by Gasteiger charge is 2.37. The van der Waals surface area contributed by atoms with Crippen LogP contribution in [-0.4, -0.2) is 42.7 Å². The fourth-order valence-electron chi connectivity index (χ4n) is 3.38. The van der Waals surface area contributed by atoms with E-state index in [1.54, 1.807) is 11.8 Å². The third-order valence-corrected chi connectivity index (χ3v) is 6.16. The van der Waals surface area contributed by atoms with Crippen molar-refractivity contribution >= 4 is 29.3 Å². The van der Waals surface area contributed by atoms with Crippen LogP contribution in [0.15, 0.2) is 24.3 Å². The smallest absolute Gasteiger partial charge is 0.232 e. The summed E-state index contributed by atoms with van der Waals surface area (Å²) in [6.45, 7) is 4.15. The number of halogens is 1. The lowest BCUT2D eigenvalue weighted by atomic mass is 9.78. The van der Waals surface area contributed by atoms with Crippen molar-refractivity contribution in [3.63, 3.8) is 0 Å². The van der Waals surface area contributed by atoms with E-state index in [2.05, 4.69) is 10.2 Å². The molecule has 2 heterocycles. The molecular weight excluding hydrogens is 316 g/mol. The number of hydrogen-bond acceptors (Lipinski definition) is 3. The van der Waals surface area contributed by atoms with Crippen molar-refractivity contribution in [3.05, 3.63) is 34.9 Å². The molecule has 1 aromatic rings. The number of thioether (sulfide) groups is 1. The topological polar surface area (TPSA) is 32.3 Å². The molecular formula is C17H23ClN2OS. The van der Waals surface area contributed by atoms with Crippen molar-refractivity contribution in [3.8, 4) is 0 Å². The Hall–Kier alpha value is -0.710. The van der Waals surface area contributed by atoms with Crippen molar-refractivity contribution in [2.24, 2.45) is 5.41 Å². The average Bonchev–Trinajstić information content (AvgIpc) is 2.98. The maximum absolute atomic E-state index is 12.3. The van der Waals surface area contributed by atoms with E-state index in [1.807, 2.05) is 24.3 Å². The molecule has 1 amide bonds. The number of nitrogens with one attached hydrogen (secondary N) is 1. The minimum atomic E-state index is 0.291. The average molecular weight is 339 g/mol. The number of carbonyl (C=O) groups is 1. The molecule has 5 heteroatoms. The van der Waals surface area contributed by atoms with Crippen LogP contribution < -0.4 is 5.32 Å². The summed E-state index contributed by atoms with van der Waals surface area (Å²) >= 11 is 7.57. The molecule has 0 aromatic heterocycles. The van der Waals surface area contributed by atoms with Crippen LogP contribution in [0.25, 0.3) is 0 Å². The van der Waals surface area contributed by atoms with Gasteiger partial charge >= 0.3 is 0 Å². The number of likely N-dealkylation sites (tertiary alicyclic amines) is 1. The molecule has 2 saturated heterocycles. The third kappa shape index (κ3) is 3.98. The fourth-order valence-corrected chi connectivity index (χ4v) is 4.39. The van der Waals surface area contributed by atoms with Gasteiger partial charge in [-0.15, -0.1) is 11.8 Å². The summed E-state index contributed by atoms with van der Waals surface area (Å²) in [7, 11) is 0. The SMILES string of the molecule is O=C(CSCc1ccc(Cl)cc1)N1CCC2(CCNC2)CC1. The van der Waals surface area contributed by atoms with E-state index in [1.165, 1.54) is 12.0 Å². The number of benzene rings is 1. The quantitative estimate of drug-likeness (QED) is 0.915. The highest BCUT2D eigenvalue weighted by molar-refractivity contribution is 7.99. The lowest BCUT2D eigenvalue weighted by molar-refractivity contribution is -0.130. The number of amides is 1. The lowest BCUT2D eigenvalue weighted by Crippen LogP contribution is -2.44. The van der Waals surface area contributed by atoms with Crippen molar-refractivity contribution in [2.45, 2.75) is 25.0 Å². The van der Waals surface area contributed by atoms with Crippen LogP contribution >= 0.6 is 23.4 Å². The van der Waals surface area contributed by atoms with Gasteiger partial charge in [0, 0.05) is 30.4 Å². The van der Waals surface area contributed by atoms with E-state index in [-0.39, 0.29) is 0 Å². The van der Waals surface area contributed by atoms with Gasteiger partial charge in [-0.1, -0.05) is 23.7 Å². The number of piperidine rings is 1. The van der Waals surface area contributed by atoms with Gasteiger partial charge in [0.15, 0.2) is 0 Å². The summed E-state index contributed by atoms with van der Waals surface area (Å²) in [4.78, 5) is 14.4. The van der Waals surface area contributed by atoms with Crippen molar-refractivity contribution in [1.29, 1.82) is 0 Å². The molecule has 22 heavy (non-hydrogen) atoms. The number of hydrogen-bond donors (Lipinski definition) is 1. The Morgan fingerprint density at radius 1 is 1.23 bits per heavy atom. The minimum absolute atomic E-state index is 0.291. The molecule has 0 unspecified atom stereocenters. The number of rotatable bonds is 4. The zero-order valence-corrected chi connectivity index (χ0v) is 14.4. The Bertz CT molecular complexity index is 504. The normalized spacial score (nSPS) is 20.5. The van der Waals surface area contributed by atoms with Crippen LogP contribution in [0.4, 0.5) is 0 Å². The first-order valence-electron chi connectivity index (χ1n) is 7.98. The first-order valence-corrected chi connectivity index (χ1v) is 9.51. The Morgan fingerprint density at radius 2 is 1.95 bits per heavy atom. The molecule has 1 aromatic carbocycles. The van der Waals surface area contributed by atoms with E-state index >= 15 is 0 Å². The molecule has 3 nitrogen and oxygen atoms in total. The van der Waals surface area contributed by atoms with Gasteiger partial charge in [0.05, 0.1) is 5.75 Å². The molecule has 2 aliphatic rings. The van der Waals surface area contributed by atoms with Gasteiger partial charge in [-0.25, -0.2) is 0 Å². The molecule has 1 N–H and O–H groups in total. The van der Waals surface area contributed by atoms with Gasteiger partial charge in [-0.05, 0) is 48.9 Å². The van der Waals surface area contributed by atoms with Crippen LogP contribution in [0.2, 0.25) is 5.02 Å². The molecule has 0 bridgehead atoms. The van der Waals surface area contributed by atoms with Crippen LogP contribution in [0.1, 0.15) is 24.8 Å². The highest BCUT2D eigenvalue weighted by atomic mass is 35.5. The van der Waals surface area contributed by atoms with Crippen LogP contribution in [0.3, 0.4) is 0 Å². The molecule has 0 radical (unpaired) electrons. The largest absolute Gasteiger partial charge is 0.342 e. The van der Waals surface area contributed by atoms with Crippen LogP contribution in [0.5, 0.6) is 0 Å². The van der Waals surface area contributed by atoms with Gasteiger partial charge in [-0.2, -0.15) is 0 Å². The van der Waals surface area contributed by atoms with Gasteiger partial charge in [-0.3, -0.25) is 4.79 Å². The summed E-state index contributed by atoms with van der Waals surface area (Å²) in [6.07, 6.45) is 3.60. The maximum atomic E-state index is 12.3. The summed E-state index contributed by atoms with van der Waals surface area (Å²) in [5.41, 5.74) is 1.70. The standard InChI is InChI=1S/C17H23ClN2OS/c18-15-3-1-14(2-4-15)11-22-12-16(21)20-9-6-17(7-10-20)5-8-19-13-17/h1-4,19H,5-13H2. The lowest BCUT2D eigenvalue weighted by Gasteiger charge is -2.38. The molecule has 2 fully saturated rings. The van der Waals surface area contributed by atoms with Crippen molar-refractivity contribution in [1.82, 2.24) is 10.2 Å². The van der Waals surface area contributed by atoms with Crippen molar-refractivity contribution in [2.75, 3.05) is 31.9 Å². The molecule has 1 spiro atoms. The van der Waals surface area contributed by atoms with Gasteiger partial charge in [0.2, 0.25) is 5.91 Å². The minimum Gasteiger partial charge on any atom is -0.342 e.